The highest BCUT2D eigenvalue weighted by atomic mass is 32.1. The van der Waals surface area contributed by atoms with E-state index in [1.54, 1.807) is 33.6 Å². The van der Waals surface area contributed by atoms with Gasteiger partial charge < -0.3 is 5.32 Å². The predicted molar refractivity (Wildman–Crippen MR) is 121 cm³/mol. The summed E-state index contributed by atoms with van der Waals surface area (Å²) in [7, 11) is 0. The molecule has 0 spiro atoms. The molecule has 160 valence electrons. The molecule has 0 atom stereocenters. The average Bonchev–Trinajstić information content (AvgIpc) is 3.14. The van der Waals surface area contributed by atoms with Gasteiger partial charge in [-0.2, -0.15) is 4.98 Å². The van der Waals surface area contributed by atoms with E-state index in [1.807, 2.05) is 30.3 Å². The highest BCUT2D eigenvalue weighted by Gasteiger charge is 2.16. The summed E-state index contributed by atoms with van der Waals surface area (Å²) in [5, 5.41) is 25.2. The second kappa shape index (κ2) is 8.78. The van der Waals surface area contributed by atoms with Gasteiger partial charge in [-0.3, -0.25) is 20.2 Å². The number of hydrogen-bond donors (Lipinski definition) is 1. The molecule has 0 radical (unpaired) electrons. The van der Waals surface area contributed by atoms with Gasteiger partial charge in [0.25, 0.3) is 11.4 Å². The minimum atomic E-state index is -0.463. The number of nitro benzene ring substituents is 2. The highest BCUT2D eigenvalue weighted by Crippen LogP contribution is 2.25. The molecule has 0 unspecified atom stereocenters. The molecule has 4 aromatic rings. The van der Waals surface area contributed by atoms with Gasteiger partial charge in [0.2, 0.25) is 4.77 Å². The Morgan fingerprint density at radius 1 is 0.875 bits per heavy atom. The van der Waals surface area contributed by atoms with Gasteiger partial charge in [-0.05, 0) is 42.5 Å². The largest absolute Gasteiger partial charge is 0.366 e. The second-order valence-corrected chi connectivity index (χ2v) is 7.08. The maximum Gasteiger partial charge on any atom is 0.271 e. The molecule has 0 aliphatic heterocycles. The van der Waals surface area contributed by atoms with Crippen molar-refractivity contribution in [3.05, 3.63) is 104 Å². The van der Waals surface area contributed by atoms with Crippen LogP contribution < -0.4 is 5.32 Å². The number of anilines is 1. The van der Waals surface area contributed by atoms with Crippen molar-refractivity contribution in [2.75, 3.05) is 5.32 Å². The van der Waals surface area contributed by atoms with Crippen molar-refractivity contribution in [1.82, 2.24) is 14.3 Å². The summed E-state index contributed by atoms with van der Waals surface area (Å²) in [6, 6.07) is 21.6. The van der Waals surface area contributed by atoms with Crippen LogP contribution in [-0.2, 0) is 6.67 Å². The van der Waals surface area contributed by atoms with Crippen LogP contribution in [0.2, 0.25) is 0 Å². The Hall–Kier alpha value is -4.38. The van der Waals surface area contributed by atoms with E-state index in [9.17, 15) is 20.2 Å². The number of aromatic nitrogens is 3. The van der Waals surface area contributed by atoms with E-state index >= 15 is 0 Å². The molecule has 0 amide bonds. The van der Waals surface area contributed by atoms with Gasteiger partial charge in [0.1, 0.15) is 6.67 Å². The first-order chi connectivity index (χ1) is 15.4. The zero-order valence-corrected chi connectivity index (χ0v) is 17.3. The topological polar surface area (TPSA) is 121 Å². The minimum Gasteiger partial charge on any atom is -0.366 e. The third kappa shape index (κ3) is 4.23. The van der Waals surface area contributed by atoms with Crippen LogP contribution in [-0.4, -0.2) is 24.2 Å². The number of non-ortho nitro benzene ring substituents is 2. The molecule has 0 bridgehead atoms. The summed E-state index contributed by atoms with van der Waals surface area (Å²) in [5.41, 5.74) is 1.94. The fourth-order valence-electron chi connectivity index (χ4n) is 3.18. The standard InChI is InChI=1S/C21H16N6O4S/c28-26(29)18-11-9-15(10-12-18)20-23-21(32)24(25(20)17-6-2-1-3-7-17)14-22-16-5-4-8-19(13-16)27(30)31/h1-13,22H,14H2. The molecule has 3 aromatic carbocycles. The first kappa shape index (κ1) is 20.9. The lowest BCUT2D eigenvalue weighted by molar-refractivity contribution is -0.385. The Balaban J connectivity index is 1.76. The fourth-order valence-corrected chi connectivity index (χ4v) is 3.41. The van der Waals surface area contributed by atoms with Gasteiger partial charge in [-0.25, -0.2) is 9.36 Å². The number of rotatable bonds is 7. The van der Waals surface area contributed by atoms with Crippen molar-refractivity contribution in [2.45, 2.75) is 6.67 Å². The Kier molecular flexibility index (Phi) is 5.73. The number of hydrogen-bond acceptors (Lipinski definition) is 7. The van der Waals surface area contributed by atoms with Crippen LogP contribution >= 0.6 is 12.2 Å². The van der Waals surface area contributed by atoms with E-state index in [2.05, 4.69) is 10.3 Å². The summed E-state index contributed by atoms with van der Waals surface area (Å²) in [4.78, 5) is 25.6. The number of nitrogens with zero attached hydrogens (tertiary/aromatic N) is 5. The van der Waals surface area contributed by atoms with Crippen LogP contribution in [0.15, 0.2) is 78.9 Å². The number of nitrogens with one attached hydrogen (secondary N) is 1. The third-order valence-electron chi connectivity index (χ3n) is 4.69. The van der Waals surface area contributed by atoms with Crippen LogP contribution in [0.5, 0.6) is 0 Å². The van der Waals surface area contributed by atoms with Crippen LogP contribution in [0.1, 0.15) is 0 Å². The maximum absolute atomic E-state index is 11.0. The molecule has 32 heavy (non-hydrogen) atoms. The maximum atomic E-state index is 11.0. The van der Waals surface area contributed by atoms with Gasteiger partial charge in [-0.1, -0.05) is 24.3 Å². The van der Waals surface area contributed by atoms with Gasteiger partial charge in [-0.15, -0.1) is 0 Å². The van der Waals surface area contributed by atoms with E-state index in [0.29, 0.717) is 17.1 Å². The molecular formula is C21H16N6O4S. The SMILES string of the molecule is O=[N+]([O-])c1ccc(-c2nc(=S)n(CNc3cccc([N+](=O)[O-])c3)n2-c2ccccc2)cc1. The van der Waals surface area contributed by atoms with Crippen molar-refractivity contribution in [3.8, 4) is 17.1 Å². The summed E-state index contributed by atoms with van der Waals surface area (Å²) >= 11 is 5.48. The lowest BCUT2D eigenvalue weighted by atomic mass is 10.2. The molecule has 0 saturated heterocycles. The molecule has 1 aromatic heterocycles. The van der Waals surface area contributed by atoms with Crippen LogP contribution in [0.25, 0.3) is 17.1 Å². The number of para-hydroxylation sites is 1. The van der Waals surface area contributed by atoms with Crippen molar-refractivity contribution in [3.63, 3.8) is 0 Å². The zero-order valence-electron chi connectivity index (χ0n) is 16.5. The van der Waals surface area contributed by atoms with Gasteiger partial charge >= 0.3 is 0 Å². The average molecular weight is 448 g/mol. The van der Waals surface area contributed by atoms with E-state index < -0.39 is 9.85 Å². The molecule has 0 aliphatic carbocycles. The van der Waals surface area contributed by atoms with E-state index in [1.165, 1.54) is 24.3 Å². The molecule has 0 aliphatic rings. The lowest BCUT2D eigenvalue weighted by Gasteiger charge is -2.15. The molecule has 4 rings (SSSR count). The normalized spacial score (nSPS) is 10.6. The Labute approximate surface area is 186 Å². The van der Waals surface area contributed by atoms with Gasteiger partial charge in [0, 0.05) is 35.5 Å². The number of nitro groups is 2. The summed E-state index contributed by atoms with van der Waals surface area (Å²) in [6.07, 6.45) is 0. The summed E-state index contributed by atoms with van der Waals surface area (Å²) in [5.74, 6) is 0.511. The predicted octanol–water partition coefficient (Wildman–Crippen LogP) is 4.96. The second-order valence-electron chi connectivity index (χ2n) is 6.71. The smallest absolute Gasteiger partial charge is 0.271 e. The first-order valence-corrected chi connectivity index (χ1v) is 9.83. The van der Waals surface area contributed by atoms with Crippen molar-refractivity contribution in [2.24, 2.45) is 0 Å². The Bertz CT molecular complexity index is 1350. The monoisotopic (exact) mass is 448 g/mol. The van der Waals surface area contributed by atoms with Crippen LogP contribution in [0.3, 0.4) is 0 Å². The van der Waals surface area contributed by atoms with Crippen molar-refractivity contribution in [1.29, 1.82) is 0 Å². The Morgan fingerprint density at radius 2 is 1.56 bits per heavy atom. The summed E-state index contributed by atoms with van der Waals surface area (Å²) in [6.45, 7) is 0.189. The minimum absolute atomic E-state index is 0.0228. The van der Waals surface area contributed by atoms with Crippen LogP contribution in [0, 0.1) is 25.0 Å². The quantitative estimate of drug-likeness (QED) is 0.241. The van der Waals surface area contributed by atoms with Crippen LogP contribution in [0.4, 0.5) is 17.1 Å². The molecular weight excluding hydrogens is 432 g/mol. The van der Waals surface area contributed by atoms with Crippen molar-refractivity contribution < 1.29 is 9.85 Å². The Morgan fingerprint density at radius 3 is 2.22 bits per heavy atom. The van der Waals surface area contributed by atoms with E-state index in [0.717, 1.165) is 5.69 Å². The highest BCUT2D eigenvalue weighted by molar-refractivity contribution is 7.71. The van der Waals surface area contributed by atoms with Crippen molar-refractivity contribution >= 4 is 29.3 Å². The molecule has 1 heterocycles. The fraction of sp³-hybridized carbons (Fsp3) is 0.0476. The van der Waals surface area contributed by atoms with E-state index in [-0.39, 0.29) is 22.8 Å². The van der Waals surface area contributed by atoms with E-state index in [4.69, 9.17) is 12.2 Å². The zero-order chi connectivity index (χ0) is 22.7. The molecule has 10 nitrogen and oxygen atoms in total. The number of benzene rings is 3. The first-order valence-electron chi connectivity index (χ1n) is 9.42. The van der Waals surface area contributed by atoms with Gasteiger partial charge in [0.05, 0.1) is 15.5 Å². The molecule has 0 fully saturated rings. The lowest BCUT2D eigenvalue weighted by Crippen LogP contribution is -2.17. The van der Waals surface area contributed by atoms with Gasteiger partial charge in [0.15, 0.2) is 5.82 Å². The molecule has 0 saturated carbocycles. The molecule has 11 heteroatoms. The summed E-state index contributed by atoms with van der Waals surface area (Å²) < 4.78 is 3.79. The third-order valence-corrected chi connectivity index (χ3v) is 4.99. The molecule has 1 N–H and O–H groups in total.